The number of rotatable bonds is 3. The monoisotopic (exact) mass is 256 g/mol. The summed E-state index contributed by atoms with van der Waals surface area (Å²) in [6.45, 7) is 6.35. The Morgan fingerprint density at radius 3 is 2.61 bits per heavy atom. The Labute approximate surface area is 111 Å². The summed E-state index contributed by atoms with van der Waals surface area (Å²) in [7, 11) is 6.14. The number of ether oxygens (including phenoxy) is 1. The van der Waals surface area contributed by atoms with E-state index in [4.69, 9.17) is 10.5 Å². The number of methoxy groups -OCH3 is 1. The lowest BCUT2D eigenvalue weighted by molar-refractivity contribution is 0.00361. The average Bonchev–Trinajstić information content (AvgIpc) is 2.33. The van der Waals surface area contributed by atoms with Crippen molar-refractivity contribution in [2.45, 2.75) is 24.5 Å². The second-order valence-corrected chi connectivity index (χ2v) is 5.87. The SMILES string of the molecule is COCC1CN(C2CCN(C)CC2N)CCN1C. The molecule has 3 unspecified atom stereocenters. The topological polar surface area (TPSA) is 45.0 Å². The molecule has 0 saturated carbocycles. The van der Waals surface area contributed by atoms with E-state index in [1.807, 2.05) is 0 Å². The number of piperidine rings is 1. The number of nitrogens with zero attached hydrogens (tertiary/aromatic N) is 3. The van der Waals surface area contributed by atoms with Crippen molar-refractivity contribution in [1.29, 1.82) is 0 Å². The summed E-state index contributed by atoms with van der Waals surface area (Å²) in [5.41, 5.74) is 6.33. The van der Waals surface area contributed by atoms with Gasteiger partial charge in [0.15, 0.2) is 0 Å². The minimum Gasteiger partial charge on any atom is -0.383 e. The normalized spacial score (nSPS) is 37.0. The summed E-state index contributed by atoms with van der Waals surface area (Å²) < 4.78 is 5.32. The number of hydrogen-bond acceptors (Lipinski definition) is 5. The zero-order chi connectivity index (χ0) is 13.1. The molecule has 0 aromatic carbocycles. The summed E-state index contributed by atoms with van der Waals surface area (Å²) in [4.78, 5) is 7.33. The molecule has 2 fully saturated rings. The van der Waals surface area contributed by atoms with Crippen LogP contribution in [0.5, 0.6) is 0 Å². The first-order valence-electron chi connectivity index (χ1n) is 6.99. The first-order chi connectivity index (χ1) is 8.61. The van der Waals surface area contributed by atoms with Crippen molar-refractivity contribution in [2.75, 3.05) is 60.5 Å². The fraction of sp³-hybridized carbons (Fsp3) is 1.00. The molecule has 0 radical (unpaired) electrons. The fourth-order valence-corrected chi connectivity index (χ4v) is 3.24. The number of hydrogen-bond donors (Lipinski definition) is 1. The van der Waals surface area contributed by atoms with Crippen LogP contribution in [0, 0.1) is 0 Å². The van der Waals surface area contributed by atoms with Gasteiger partial charge in [-0.15, -0.1) is 0 Å². The molecule has 0 amide bonds. The van der Waals surface area contributed by atoms with Crippen LogP contribution in [0.4, 0.5) is 0 Å². The van der Waals surface area contributed by atoms with Crippen molar-refractivity contribution in [3.63, 3.8) is 0 Å². The van der Waals surface area contributed by atoms with Crippen molar-refractivity contribution < 1.29 is 4.74 Å². The van der Waals surface area contributed by atoms with Gasteiger partial charge in [-0.1, -0.05) is 0 Å². The van der Waals surface area contributed by atoms with Gasteiger partial charge in [0, 0.05) is 51.4 Å². The Morgan fingerprint density at radius 1 is 1.17 bits per heavy atom. The Morgan fingerprint density at radius 2 is 1.94 bits per heavy atom. The maximum absolute atomic E-state index is 6.33. The van der Waals surface area contributed by atoms with Gasteiger partial charge in [0.2, 0.25) is 0 Å². The van der Waals surface area contributed by atoms with Gasteiger partial charge < -0.3 is 15.4 Å². The Kier molecular flexibility index (Phi) is 4.98. The Balaban J connectivity index is 1.92. The van der Waals surface area contributed by atoms with Crippen LogP contribution in [0.3, 0.4) is 0 Å². The molecule has 18 heavy (non-hydrogen) atoms. The first kappa shape index (κ1) is 14.2. The molecular formula is C13H28N4O. The highest BCUT2D eigenvalue weighted by atomic mass is 16.5. The third-order valence-corrected chi connectivity index (χ3v) is 4.46. The molecule has 0 aromatic heterocycles. The maximum Gasteiger partial charge on any atom is 0.0630 e. The second-order valence-electron chi connectivity index (χ2n) is 5.87. The molecule has 0 aromatic rings. The number of nitrogens with two attached hydrogens (primary N) is 1. The van der Waals surface area contributed by atoms with E-state index in [2.05, 4.69) is 28.8 Å². The van der Waals surface area contributed by atoms with Crippen molar-refractivity contribution in [3.8, 4) is 0 Å². The molecule has 3 atom stereocenters. The lowest BCUT2D eigenvalue weighted by Crippen LogP contribution is -2.63. The van der Waals surface area contributed by atoms with Gasteiger partial charge in [-0.3, -0.25) is 9.80 Å². The molecular weight excluding hydrogens is 228 g/mol. The lowest BCUT2D eigenvalue weighted by atomic mass is 9.97. The van der Waals surface area contributed by atoms with E-state index in [0.717, 1.165) is 32.8 Å². The minimum atomic E-state index is 0.287. The summed E-state index contributed by atoms with van der Waals surface area (Å²) in [5, 5.41) is 0. The highest BCUT2D eigenvalue weighted by Gasteiger charge is 2.34. The maximum atomic E-state index is 6.33. The van der Waals surface area contributed by atoms with Crippen LogP contribution >= 0.6 is 0 Å². The standard InChI is InChI=1S/C13H28N4O/c1-15-5-4-13(12(14)9-15)17-7-6-16(2)11(8-17)10-18-3/h11-13H,4-10,14H2,1-3H3. The average molecular weight is 256 g/mol. The van der Waals surface area contributed by atoms with Gasteiger partial charge in [-0.25, -0.2) is 0 Å². The molecule has 2 aliphatic heterocycles. The zero-order valence-corrected chi connectivity index (χ0v) is 12.0. The van der Waals surface area contributed by atoms with E-state index < -0.39 is 0 Å². The summed E-state index contributed by atoms with van der Waals surface area (Å²) in [6.07, 6.45) is 1.20. The van der Waals surface area contributed by atoms with E-state index in [1.165, 1.54) is 13.0 Å². The first-order valence-corrected chi connectivity index (χ1v) is 6.99. The molecule has 0 spiro atoms. The Hall–Kier alpha value is -0.200. The molecule has 106 valence electrons. The predicted octanol–water partition coefficient (Wildman–Crippen LogP) is -0.720. The predicted molar refractivity (Wildman–Crippen MR) is 73.7 cm³/mol. The third-order valence-electron chi connectivity index (χ3n) is 4.46. The molecule has 5 heteroatoms. The van der Waals surface area contributed by atoms with Gasteiger partial charge in [-0.05, 0) is 27.1 Å². The van der Waals surface area contributed by atoms with E-state index in [9.17, 15) is 0 Å². The van der Waals surface area contributed by atoms with Crippen LogP contribution in [0.2, 0.25) is 0 Å². The molecule has 5 nitrogen and oxygen atoms in total. The molecule has 0 aliphatic carbocycles. The molecule has 2 saturated heterocycles. The van der Waals surface area contributed by atoms with E-state index in [1.54, 1.807) is 7.11 Å². The summed E-state index contributed by atoms with van der Waals surface area (Å²) in [6, 6.07) is 1.35. The molecule has 2 N–H and O–H groups in total. The van der Waals surface area contributed by atoms with Crippen LogP contribution in [0.15, 0.2) is 0 Å². The fourth-order valence-electron chi connectivity index (χ4n) is 3.24. The van der Waals surface area contributed by atoms with Crippen molar-refractivity contribution in [2.24, 2.45) is 5.73 Å². The minimum absolute atomic E-state index is 0.287. The van der Waals surface area contributed by atoms with E-state index >= 15 is 0 Å². The van der Waals surface area contributed by atoms with Gasteiger partial charge in [0.05, 0.1) is 6.61 Å². The Bertz CT molecular complexity index is 263. The van der Waals surface area contributed by atoms with Crippen LogP contribution < -0.4 is 5.73 Å². The lowest BCUT2D eigenvalue weighted by Gasteiger charge is -2.47. The van der Waals surface area contributed by atoms with Crippen molar-refractivity contribution in [3.05, 3.63) is 0 Å². The smallest absolute Gasteiger partial charge is 0.0630 e. The second kappa shape index (κ2) is 6.30. The van der Waals surface area contributed by atoms with Gasteiger partial charge in [0.1, 0.15) is 0 Å². The quantitative estimate of drug-likeness (QED) is 0.722. The van der Waals surface area contributed by atoms with E-state index in [-0.39, 0.29) is 6.04 Å². The third kappa shape index (κ3) is 3.22. The number of piperazine rings is 1. The van der Waals surface area contributed by atoms with Crippen LogP contribution in [-0.4, -0.2) is 93.4 Å². The van der Waals surface area contributed by atoms with Crippen LogP contribution in [0.1, 0.15) is 6.42 Å². The van der Waals surface area contributed by atoms with Gasteiger partial charge in [-0.2, -0.15) is 0 Å². The summed E-state index contributed by atoms with van der Waals surface area (Å²) >= 11 is 0. The molecule has 2 rings (SSSR count). The number of likely N-dealkylation sites (N-methyl/N-ethyl adjacent to an activating group) is 2. The largest absolute Gasteiger partial charge is 0.383 e. The van der Waals surface area contributed by atoms with Crippen LogP contribution in [0.25, 0.3) is 0 Å². The molecule has 2 heterocycles. The molecule has 2 aliphatic rings. The molecule has 0 bridgehead atoms. The summed E-state index contributed by atoms with van der Waals surface area (Å²) in [5.74, 6) is 0. The van der Waals surface area contributed by atoms with E-state index in [0.29, 0.717) is 12.1 Å². The van der Waals surface area contributed by atoms with Crippen LogP contribution in [-0.2, 0) is 4.74 Å². The van der Waals surface area contributed by atoms with Gasteiger partial charge in [0.25, 0.3) is 0 Å². The highest BCUT2D eigenvalue weighted by molar-refractivity contribution is 4.92. The van der Waals surface area contributed by atoms with Gasteiger partial charge >= 0.3 is 0 Å². The van der Waals surface area contributed by atoms with Crippen molar-refractivity contribution in [1.82, 2.24) is 14.7 Å². The van der Waals surface area contributed by atoms with Crippen molar-refractivity contribution >= 4 is 0 Å². The highest BCUT2D eigenvalue weighted by Crippen LogP contribution is 2.19. The number of likely N-dealkylation sites (tertiary alicyclic amines) is 1. The zero-order valence-electron chi connectivity index (χ0n) is 12.0.